The molecule has 0 aliphatic heterocycles. The van der Waals surface area contributed by atoms with Gasteiger partial charge < -0.3 is 10.6 Å². The molecule has 0 saturated heterocycles. The summed E-state index contributed by atoms with van der Waals surface area (Å²) in [5.41, 5.74) is 2.69. The van der Waals surface area contributed by atoms with Crippen LogP contribution in [0.15, 0.2) is 29.3 Å². The van der Waals surface area contributed by atoms with Gasteiger partial charge in [0.05, 0.1) is 0 Å². The van der Waals surface area contributed by atoms with Gasteiger partial charge in [-0.05, 0) is 45.4 Å². The second kappa shape index (κ2) is 11.7. The highest BCUT2D eigenvalue weighted by molar-refractivity contribution is 14.0. The van der Waals surface area contributed by atoms with Gasteiger partial charge in [0.2, 0.25) is 0 Å². The minimum atomic E-state index is 0. The van der Waals surface area contributed by atoms with Gasteiger partial charge >= 0.3 is 0 Å². The van der Waals surface area contributed by atoms with Crippen LogP contribution in [0.2, 0.25) is 0 Å². The van der Waals surface area contributed by atoms with Crippen LogP contribution in [0.3, 0.4) is 0 Å². The van der Waals surface area contributed by atoms with Gasteiger partial charge in [0.1, 0.15) is 0 Å². The molecule has 5 heteroatoms. The van der Waals surface area contributed by atoms with E-state index in [1.165, 1.54) is 11.1 Å². The fourth-order valence-electron chi connectivity index (χ4n) is 2.04. The summed E-state index contributed by atoms with van der Waals surface area (Å²) >= 11 is 0. The van der Waals surface area contributed by atoms with Crippen molar-refractivity contribution in [3.05, 3.63) is 35.4 Å². The summed E-state index contributed by atoms with van der Waals surface area (Å²) in [6, 6.07) is 9.57. The van der Waals surface area contributed by atoms with Gasteiger partial charge in [-0.3, -0.25) is 9.89 Å². The molecule has 1 unspecified atom stereocenters. The van der Waals surface area contributed by atoms with Crippen molar-refractivity contribution in [3.8, 4) is 0 Å². The zero-order valence-corrected chi connectivity index (χ0v) is 17.7. The molecule has 0 aliphatic rings. The molecule has 132 valence electrons. The van der Waals surface area contributed by atoms with E-state index in [0.717, 1.165) is 25.5 Å². The molecule has 23 heavy (non-hydrogen) atoms. The summed E-state index contributed by atoms with van der Waals surface area (Å²) in [5.74, 6) is 0.862. The molecular formula is C18H33IN4. The normalized spacial score (nSPS) is 13.0. The molecule has 0 fully saturated rings. The third-order valence-electron chi connectivity index (χ3n) is 4.09. The topological polar surface area (TPSA) is 39.7 Å². The summed E-state index contributed by atoms with van der Waals surface area (Å²) in [6.45, 7) is 10.5. The molecule has 0 aromatic heterocycles. The highest BCUT2D eigenvalue weighted by atomic mass is 127. The first-order chi connectivity index (χ1) is 10.5. The van der Waals surface area contributed by atoms with Gasteiger partial charge in [-0.25, -0.2) is 0 Å². The Balaban J connectivity index is 0.00000484. The van der Waals surface area contributed by atoms with Gasteiger partial charge in [-0.1, -0.05) is 31.2 Å². The maximum Gasteiger partial charge on any atom is 0.191 e. The second-order valence-corrected chi connectivity index (χ2v) is 6.16. The quantitative estimate of drug-likeness (QED) is 0.393. The van der Waals surface area contributed by atoms with Crippen molar-refractivity contribution >= 4 is 29.9 Å². The molecule has 0 radical (unpaired) electrons. The fourth-order valence-corrected chi connectivity index (χ4v) is 2.04. The van der Waals surface area contributed by atoms with E-state index < -0.39 is 0 Å². The minimum Gasteiger partial charge on any atom is -0.354 e. The Bertz CT molecular complexity index is 474. The SMILES string of the molecule is CCC(C)NC(=NC)NCc1ccccc1CN(C)C(C)C.I. The first kappa shape index (κ1) is 22.2. The molecule has 1 aromatic rings. The van der Waals surface area contributed by atoms with Crippen LogP contribution in [0.1, 0.15) is 45.2 Å². The van der Waals surface area contributed by atoms with Crippen molar-refractivity contribution in [3.63, 3.8) is 0 Å². The lowest BCUT2D eigenvalue weighted by Crippen LogP contribution is -2.41. The molecule has 0 saturated carbocycles. The molecule has 2 N–H and O–H groups in total. The number of guanidine groups is 1. The lowest BCUT2D eigenvalue weighted by molar-refractivity contribution is 0.265. The number of hydrogen-bond donors (Lipinski definition) is 2. The predicted octanol–water partition coefficient (Wildman–Crippen LogP) is 3.61. The molecule has 4 nitrogen and oxygen atoms in total. The monoisotopic (exact) mass is 432 g/mol. The summed E-state index contributed by atoms with van der Waals surface area (Å²) in [5, 5.41) is 6.81. The van der Waals surface area contributed by atoms with Crippen LogP contribution >= 0.6 is 24.0 Å². The third kappa shape index (κ3) is 8.01. The number of nitrogens with one attached hydrogen (secondary N) is 2. The molecule has 1 atom stereocenters. The van der Waals surface area contributed by atoms with Crippen molar-refractivity contribution in [2.45, 2.75) is 59.3 Å². The second-order valence-electron chi connectivity index (χ2n) is 6.16. The number of halogens is 1. The standard InChI is InChI=1S/C18H32N4.HI/c1-7-15(4)21-18(19-5)20-12-16-10-8-9-11-17(16)13-22(6)14(2)3;/h8-11,14-15H,7,12-13H2,1-6H3,(H2,19,20,21);1H. The molecule has 0 spiro atoms. The largest absolute Gasteiger partial charge is 0.354 e. The van der Waals surface area contributed by atoms with E-state index >= 15 is 0 Å². The summed E-state index contributed by atoms with van der Waals surface area (Å²) in [6.07, 6.45) is 1.08. The lowest BCUT2D eigenvalue weighted by Gasteiger charge is -2.23. The minimum absolute atomic E-state index is 0. The Morgan fingerprint density at radius 2 is 1.78 bits per heavy atom. The van der Waals surface area contributed by atoms with E-state index in [0.29, 0.717) is 12.1 Å². The first-order valence-electron chi connectivity index (χ1n) is 8.22. The van der Waals surface area contributed by atoms with Crippen molar-refractivity contribution < 1.29 is 0 Å². The number of aliphatic imine (C=N–C) groups is 1. The molecule has 0 heterocycles. The Morgan fingerprint density at radius 1 is 1.17 bits per heavy atom. The third-order valence-corrected chi connectivity index (χ3v) is 4.09. The van der Waals surface area contributed by atoms with Gasteiger partial charge in [-0.15, -0.1) is 24.0 Å². The van der Waals surface area contributed by atoms with Crippen LogP contribution in [0.25, 0.3) is 0 Å². The van der Waals surface area contributed by atoms with Crippen molar-refractivity contribution in [2.75, 3.05) is 14.1 Å². The number of nitrogens with zero attached hydrogens (tertiary/aromatic N) is 2. The average Bonchev–Trinajstić information content (AvgIpc) is 2.52. The average molecular weight is 432 g/mol. The predicted molar refractivity (Wildman–Crippen MR) is 112 cm³/mol. The molecular weight excluding hydrogens is 399 g/mol. The Morgan fingerprint density at radius 3 is 2.30 bits per heavy atom. The Kier molecular flexibility index (Phi) is 11.3. The van der Waals surface area contributed by atoms with E-state index in [4.69, 9.17) is 0 Å². The summed E-state index contributed by atoms with van der Waals surface area (Å²) < 4.78 is 0. The van der Waals surface area contributed by atoms with Crippen LogP contribution in [0, 0.1) is 0 Å². The lowest BCUT2D eigenvalue weighted by atomic mass is 10.1. The molecule has 1 aromatic carbocycles. The van der Waals surface area contributed by atoms with E-state index in [-0.39, 0.29) is 24.0 Å². The summed E-state index contributed by atoms with van der Waals surface area (Å²) in [4.78, 5) is 6.65. The Hall–Kier alpha value is -0.820. The van der Waals surface area contributed by atoms with Gasteiger partial charge in [0, 0.05) is 32.2 Å². The van der Waals surface area contributed by atoms with E-state index in [1.807, 2.05) is 7.05 Å². The highest BCUT2D eigenvalue weighted by Gasteiger charge is 2.09. The zero-order chi connectivity index (χ0) is 16.5. The first-order valence-corrected chi connectivity index (χ1v) is 8.22. The molecule has 0 aliphatic carbocycles. The fraction of sp³-hybridized carbons (Fsp3) is 0.611. The highest BCUT2D eigenvalue weighted by Crippen LogP contribution is 2.12. The van der Waals surface area contributed by atoms with Gasteiger partial charge in [-0.2, -0.15) is 0 Å². The van der Waals surface area contributed by atoms with Gasteiger partial charge in [0.25, 0.3) is 0 Å². The van der Waals surface area contributed by atoms with Crippen molar-refractivity contribution in [1.29, 1.82) is 0 Å². The van der Waals surface area contributed by atoms with Crippen LogP contribution < -0.4 is 10.6 Å². The van der Waals surface area contributed by atoms with Crippen molar-refractivity contribution in [2.24, 2.45) is 4.99 Å². The maximum atomic E-state index is 4.29. The van der Waals surface area contributed by atoms with E-state index in [9.17, 15) is 0 Å². The van der Waals surface area contributed by atoms with Crippen LogP contribution in [0.5, 0.6) is 0 Å². The number of rotatable bonds is 7. The van der Waals surface area contributed by atoms with Crippen molar-refractivity contribution in [1.82, 2.24) is 15.5 Å². The van der Waals surface area contributed by atoms with Gasteiger partial charge in [0.15, 0.2) is 5.96 Å². The zero-order valence-electron chi connectivity index (χ0n) is 15.4. The van der Waals surface area contributed by atoms with E-state index in [2.05, 4.69) is 79.5 Å². The number of hydrogen-bond acceptors (Lipinski definition) is 2. The summed E-state index contributed by atoms with van der Waals surface area (Å²) in [7, 11) is 3.98. The van der Waals surface area contributed by atoms with E-state index in [1.54, 1.807) is 0 Å². The van der Waals surface area contributed by atoms with Crippen LogP contribution in [-0.4, -0.2) is 37.0 Å². The smallest absolute Gasteiger partial charge is 0.191 e. The van der Waals surface area contributed by atoms with Crippen LogP contribution in [-0.2, 0) is 13.1 Å². The number of benzene rings is 1. The Labute approximate surface area is 159 Å². The maximum absolute atomic E-state index is 4.29. The molecule has 0 amide bonds. The van der Waals surface area contributed by atoms with Crippen LogP contribution in [0.4, 0.5) is 0 Å². The molecule has 0 bridgehead atoms. The molecule has 1 rings (SSSR count).